The lowest BCUT2D eigenvalue weighted by molar-refractivity contribution is -0.132. The van der Waals surface area contributed by atoms with Crippen molar-refractivity contribution in [2.75, 3.05) is 26.9 Å². The van der Waals surface area contributed by atoms with Gasteiger partial charge >= 0.3 is 0 Å². The van der Waals surface area contributed by atoms with Crippen molar-refractivity contribution in [2.24, 2.45) is 0 Å². The summed E-state index contributed by atoms with van der Waals surface area (Å²) in [4.78, 5) is 12.6. The number of nitrogens with one attached hydrogen (secondary N) is 1. The highest BCUT2D eigenvalue weighted by Gasteiger charge is 2.18. The van der Waals surface area contributed by atoms with E-state index < -0.39 is 6.10 Å². The van der Waals surface area contributed by atoms with Crippen molar-refractivity contribution < 1.29 is 19.0 Å². The predicted molar refractivity (Wildman–Crippen MR) is 122 cm³/mol. The number of amides is 1. The van der Waals surface area contributed by atoms with Crippen LogP contribution in [-0.4, -0.2) is 38.9 Å². The molecule has 0 saturated carbocycles. The molecule has 1 N–H and O–H groups in total. The second-order valence-corrected chi connectivity index (χ2v) is 7.05. The Kier molecular flexibility index (Phi) is 10.0. The van der Waals surface area contributed by atoms with Crippen LogP contribution in [0.4, 0.5) is 0 Å². The first kappa shape index (κ1) is 23.9. The minimum Gasteiger partial charge on any atom is -0.493 e. The summed E-state index contributed by atoms with van der Waals surface area (Å²) in [6.07, 6.45) is 11.9. The van der Waals surface area contributed by atoms with E-state index in [1.807, 2.05) is 25.1 Å². The molecule has 5 heteroatoms. The summed E-state index contributed by atoms with van der Waals surface area (Å²) < 4.78 is 16.4. The summed E-state index contributed by atoms with van der Waals surface area (Å²) in [7, 11) is 1.57. The molecule has 1 atom stereocenters. The van der Waals surface area contributed by atoms with E-state index in [4.69, 9.17) is 27.1 Å². The van der Waals surface area contributed by atoms with Crippen LogP contribution in [0.25, 0.3) is 0 Å². The van der Waals surface area contributed by atoms with Crippen molar-refractivity contribution in [1.82, 2.24) is 5.32 Å². The van der Waals surface area contributed by atoms with Gasteiger partial charge < -0.3 is 19.5 Å². The SMILES string of the molecule is C#CCOc1ccc(CCNC(=O)[C@H](CCc2ccc(C)cc2)OCC#C)cc1OC. The fourth-order valence-corrected chi connectivity index (χ4v) is 3.04. The molecule has 2 aromatic rings. The van der Waals surface area contributed by atoms with E-state index in [-0.39, 0.29) is 19.1 Å². The Morgan fingerprint density at radius 2 is 1.71 bits per heavy atom. The third-order valence-electron chi connectivity index (χ3n) is 4.73. The molecule has 1 amide bonds. The molecule has 2 aromatic carbocycles. The maximum absolute atomic E-state index is 12.6. The minimum absolute atomic E-state index is 0.0995. The lowest BCUT2D eigenvalue weighted by Crippen LogP contribution is -2.38. The number of carbonyl (C=O) groups is 1. The average Bonchev–Trinajstić information content (AvgIpc) is 2.79. The number of rotatable bonds is 12. The molecule has 0 heterocycles. The van der Waals surface area contributed by atoms with E-state index in [0.717, 1.165) is 17.5 Å². The van der Waals surface area contributed by atoms with Gasteiger partial charge in [0.15, 0.2) is 11.5 Å². The molecule has 0 aliphatic rings. The molecule has 0 unspecified atom stereocenters. The summed E-state index contributed by atoms with van der Waals surface area (Å²) >= 11 is 0. The number of hydrogen-bond donors (Lipinski definition) is 1. The molecule has 0 aliphatic heterocycles. The predicted octanol–water partition coefficient (Wildman–Crippen LogP) is 3.33. The highest BCUT2D eigenvalue weighted by atomic mass is 16.5. The van der Waals surface area contributed by atoms with E-state index in [2.05, 4.69) is 41.4 Å². The fourth-order valence-electron chi connectivity index (χ4n) is 3.04. The van der Waals surface area contributed by atoms with E-state index in [1.165, 1.54) is 5.56 Å². The van der Waals surface area contributed by atoms with E-state index in [1.54, 1.807) is 7.11 Å². The molecule has 0 radical (unpaired) electrons. The van der Waals surface area contributed by atoms with Gasteiger partial charge in [0.05, 0.1) is 7.11 Å². The lowest BCUT2D eigenvalue weighted by Gasteiger charge is -2.17. The van der Waals surface area contributed by atoms with Gasteiger partial charge in [0.2, 0.25) is 5.91 Å². The van der Waals surface area contributed by atoms with E-state index in [0.29, 0.717) is 30.9 Å². The molecule has 0 fully saturated rings. The first-order valence-corrected chi connectivity index (χ1v) is 10.2. The Hall–Kier alpha value is -3.41. The molecular weight excluding hydrogens is 390 g/mol. The molecule has 2 rings (SSSR count). The van der Waals surface area contributed by atoms with Crippen LogP contribution in [0, 0.1) is 31.6 Å². The molecule has 0 aromatic heterocycles. The fraction of sp³-hybridized carbons (Fsp3) is 0.346. The number of methoxy groups -OCH3 is 1. The van der Waals surface area contributed by atoms with Crippen molar-refractivity contribution in [3.05, 3.63) is 59.2 Å². The van der Waals surface area contributed by atoms with Gasteiger partial charge in [-0.25, -0.2) is 0 Å². The highest BCUT2D eigenvalue weighted by Crippen LogP contribution is 2.28. The van der Waals surface area contributed by atoms with Crippen LogP contribution in [-0.2, 0) is 22.4 Å². The Bertz CT molecular complexity index is 922. The van der Waals surface area contributed by atoms with Gasteiger partial charge in [0, 0.05) is 6.54 Å². The van der Waals surface area contributed by atoms with Crippen LogP contribution in [0.1, 0.15) is 23.1 Å². The summed E-state index contributed by atoms with van der Waals surface area (Å²) in [5, 5.41) is 2.94. The van der Waals surface area contributed by atoms with Gasteiger partial charge in [0.1, 0.15) is 19.3 Å². The number of carbonyl (C=O) groups excluding carboxylic acids is 1. The molecule has 162 valence electrons. The van der Waals surface area contributed by atoms with Crippen molar-refractivity contribution in [3.8, 4) is 36.2 Å². The molecule has 0 aliphatic carbocycles. The molecule has 31 heavy (non-hydrogen) atoms. The molecule has 5 nitrogen and oxygen atoms in total. The summed E-state index contributed by atoms with van der Waals surface area (Å²) in [5.41, 5.74) is 3.37. The molecule has 0 bridgehead atoms. The van der Waals surface area contributed by atoms with Crippen LogP contribution in [0.2, 0.25) is 0 Å². The monoisotopic (exact) mass is 419 g/mol. The zero-order valence-corrected chi connectivity index (χ0v) is 18.1. The lowest BCUT2D eigenvalue weighted by atomic mass is 10.0. The molecular formula is C26H29NO4. The van der Waals surface area contributed by atoms with E-state index in [9.17, 15) is 4.79 Å². The topological polar surface area (TPSA) is 56.8 Å². The average molecular weight is 420 g/mol. The summed E-state index contributed by atoms with van der Waals surface area (Å²) in [6, 6.07) is 13.9. The Morgan fingerprint density at radius 3 is 2.39 bits per heavy atom. The van der Waals surface area contributed by atoms with Crippen molar-refractivity contribution in [2.45, 2.75) is 32.3 Å². The van der Waals surface area contributed by atoms with Gasteiger partial charge in [-0.2, -0.15) is 0 Å². The van der Waals surface area contributed by atoms with Gasteiger partial charge in [-0.3, -0.25) is 4.79 Å². The van der Waals surface area contributed by atoms with Crippen LogP contribution >= 0.6 is 0 Å². The van der Waals surface area contributed by atoms with Gasteiger partial charge in [-0.1, -0.05) is 47.7 Å². The third kappa shape index (κ3) is 8.09. The standard InChI is InChI=1S/C26H29NO4/c1-5-17-30-23-13-12-22(19-25(23)29-4)15-16-27-26(28)24(31-18-6-2)14-11-21-9-7-20(3)8-10-21/h1-2,7-10,12-13,19,24H,11,14-18H2,3-4H3,(H,27,28)/t24-/m0/s1. The zero-order chi connectivity index (χ0) is 22.5. The normalized spacial score (nSPS) is 11.1. The van der Waals surface area contributed by atoms with Crippen LogP contribution in [0.15, 0.2) is 42.5 Å². The minimum atomic E-state index is -0.591. The highest BCUT2D eigenvalue weighted by molar-refractivity contribution is 5.80. The van der Waals surface area contributed by atoms with Crippen molar-refractivity contribution in [1.29, 1.82) is 0 Å². The van der Waals surface area contributed by atoms with Gasteiger partial charge in [-0.05, 0) is 49.4 Å². The Morgan fingerprint density at radius 1 is 1.00 bits per heavy atom. The first-order chi connectivity index (χ1) is 15.1. The smallest absolute Gasteiger partial charge is 0.249 e. The summed E-state index contributed by atoms with van der Waals surface area (Å²) in [5.74, 6) is 5.89. The third-order valence-corrected chi connectivity index (χ3v) is 4.73. The van der Waals surface area contributed by atoms with Crippen molar-refractivity contribution >= 4 is 5.91 Å². The number of hydrogen-bond acceptors (Lipinski definition) is 4. The maximum Gasteiger partial charge on any atom is 0.249 e. The maximum atomic E-state index is 12.6. The largest absolute Gasteiger partial charge is 0.493 e. The Balaban J connectivity index is 1.89. The van der Waals surface area contributed by atoms with E-state index >= 15 is 0 Å². The van der Waals surface area contributed by atoms with Gasteiger partial charge in [0.25, 0.3) is 0 Å². The molecule has 0 spiro atoms. The zero-order valence-electron chi connectivity index (χ0n) is 18.1. The second kappa shape index (κ2) is 13.0. The second-order valence-electron chi connectivity index (χ2n) is 7.05. The quantitative estimate of drug-likeness (QED) is 0.536. The van der Waals surface area contributed by atoms with Gasteiger partial charge in [-0.15, -0.1) is 12.8 Å². The number of aryl methyl sites for hydroxylation is 2. The van der Waals surface area contributed by atoms with Crippen LogP contribution in [0.5, 0.6) is 11.5 Å². The number of benzene rings is 2. The molecule has 0 saturated heterocycles. The van der Waals surface area contributed by atoms with Crippen molar-refractivity contribution in [3.63, 3.8) is 0 Å². The first-order valence-electron chi connectivity index (χ1n) is 10.2. The van der Waals surface area contributed by atoms with Crippen LogP contribution < -0.4 is 14.8 Å². The number of terminal acetylenes is 2. The van der Waals surface area contributed by atoms with Crippen LogP contribution in [0.3, 0.4) is 0 Å². The Labute approximate surface area is 185 Å². The number of ether oxygens (including phenoxy) is 3. The summed E-state index contributed by atoms with van der Waals surface area (Å²) in [6.45, 7) is 2.78.